The van der Waals surface area contributed by atoms with Crippen molar-refractivity contribution >= 4 is 29.4 Å². The van der Waals surface area contributed by atoms with E-state index in [1.165, 1.54) is 17.0 Å². The van der Waals surface area contributed by atoms with Crippen LogP contribution in [0.3, 0.4) is 0 Å². The molecule has 5 N–H and O–H groups in total. The number of hydrogen-bond acceptors (Lipinski definition) is 6. The average molecular weight is 635 g/mol. The molecular weight excluding hydrogens is 611 g/mol. The number of aliphatic carboxylic acids is 2. The first-order valence-electron chi connectivity index (χ1n) is 12.1. The number of nitrogens with one attached hydrogen (secondary N) is 3. The number of fused-ring (bicyclic) bond motifs is 1. The minimum Gasteiger partial charge on any atom is -0.475 e. The van der Waals surface area contributed by atoms with Gasteiger partial charge in [-0.1, -0.05) is 12.1 Å². The number of carboxylic acids is 2. The zero-order valence-corrected chi connectivity index (χ0v) is 22.7. The molecule has 2 heterocycles. The summed E-state index contributed by atoms with van der Waals surface area (Å²) in [5.74, 6) is -6.32. The smallest absolute Gasteiger partial charge is 0.475 e. The number of carboxylic acid groups (broad SMARTS) is 2. The van der Waals surface area contributed by atoms with Gasteiger partial charge in [0.15, 0.2) is 0 Å². The van der Waals surface area contributed by atoms with E-state index in [9.17, 15) is 40.3 Å². The summed E-state index contributed by atoms with van der Waals surface area (Å²) in [6.45, 7) is 0.483. The standard InChI is InChI=1S/C22H22FN5O2.2C2HF3O2/c1-28(2)22(30)18-8-13(16-11-25-26-12-16)4-6-19(18)27-21(29)20-9-15-7-17(23)5-3-14(15)10-24-20;2*3-2(4,5)1(6)7/h3-8,11-12,20,24H,9-10H2,1-2H3,(H,25,26)(H,27,29);2*(H,6,7)/t20-;;/m0../s1. The Kier molecular flexibility index (Phi) is 11.6. The summed E-state index contributed by atoms with van der Waals surface area (Å²) in [6, 6.07) is 9.38. The lowest BCUT2D eigenvalue weighted by Gasteiger charge is -2.26. The van der Waals surface area contributed by atoms with Crippen LogP contribution in [-0.2, 0) is 27.3 Å². The molecule has 2 amide bonds. The van der Waals surface area contributed by atoms with Gasteiger partial charge < -0.3 is 25.7 Å². The number of benzene rings is 2. The molecule has 1 atom stereocenters. The largest absolute Gasteiger partial charge is 0.490 e. The number of hydrogen-bond donors (Lipinski definition) is 5. The summed E-state index contributed by atoms with van der Waals surface area (Å²) < 4.78 is 77.0. The first kappa shape index (κ1) is 35.2. The van der Waals surface area contributed by atoms with Gasteiger partial charge in [0.2, 0.25) is 5.91 Å². The van der Waals surface area contributed by atoms with E-state index in [0.29, 0.717) is 24.2 Å². The Hall–Kier alpha value is -5.00. The van der Waals surface area contributed by atoms with Gasteiger partial charge >= 0.3 is 24.3 Å². The number of anilines is 1. The number of amides is 2. The third-order valence-electron chi connectivity index (χ3n) is 5.68. The highest BCUT2D eigenvalue weighted by Gasteiger charge is 2.39. The minimum absolute atomic E-state index is 0.223. The fourth-order valence-corrected chi connectivity index (χ4v) is 3.55. The zero-order valence-electron chi connectivity index (χ0n) is 22.7. The second-order valence-electron chi connectivity index (χ2n) is 9.09. The van der Waals surface area contributed by atoms with Crippen molar-refractivity contribution in [3.63, 3.8) is 0 Å². The summed E-state index contributed by atoms with van der Waals surface area (Å²) in [4.78, 5) is 44.9. The molecule has 11 nitrogen and oxygen atoms in total. The van der Waals surface area contributed by atoms with E-state index in [1.54, 1.807) is 44.7 Å². The molecule has 0 saturated carbocycles. The SMILES string of the molecule is CN(C)C(=O)c1cc(-c2cn[nH]c2)ccc1NC(=O)[C@@H]1Cc2cc(F)ccc2CN1.O=C(O)C(F)(F)F.O=C(O)C(F)(F)F. The number of halogens is 7. The van der Waals surface area contributed by atoms with E-state index in [4.69, 9.17) is 19.8 Å². The van der Waals surface area contributed by atoms with Crippen LogP contribution in [0.4, 0.5) is 36.4 Å². The van der Waals surface area contributed by atoms with Crippen molar-refractivity contribution in [1.82, 2.24) is 20.4 Å². The van der Waals surface area contributed by atoms with Crippen molar-refractivity contribution in [2.75, 3.05) is 19.4 Å². The Bertz CT molecular complexity index is 1470. The van der Waals surface area contributed by atoms with Gasteiger partial charge in [-0.05, 0) is 47.4 Å². The topological polar surface area (TPSA) is 165 Å². The highest BCUT2D eigenvalue weighted by Crippen LogP contribution is 2.26. The lowest BCUT2D eigenvalue weighted by Crippen LogP contribution is -2.45. The molecule has 1 aliphatic heterocycles. The number of H-pyrrole nitrogens is 1. The maximum atomic E-state index is 13.6. The van der Waals surface area contributed by atoms with Gasteiger partial charge in [0.05, 0.1) is 23.5 Å². The number of alkyl halides is 6. The molecule has 1 aliphatic rings. The Morgan fingerprint density at radius 3 is 2.00 bits per heavy atom. The van der Waals surface area contributed by atoms with Crippen molar-refractivity contribution < 1.29 is 60.1 Å². The third kappa shape index (κ3) is 10.1. The summed E-state index contributed by atoms with van der Waals surface area (Å²) >= 11 is 0. The van der Waals surface area contributed by atoms with Crippen molar-refractivity contribution in [3.05, 3.63) is 71.3 Å². The normalized spacial score (nSPS) is 14.1. The van der Waals surface area contributed by atoms with Crippen LogP contribution in [0.5, 0.6) is 0 Å². The summed E-state index contributed by atoms with van der Waals surface area (Å²) in [5, 5.41) is 27.0. The van der Waals surface area contributed by atoms with E-state index >= 15 is 0 Å². The second kappa shape index (κ2) is 14.5. The molecule has 238 valence electrons. The molecule has 2 aromatic carbocycles. The van der Waals surface area contributed by atoms with Crippen molar-refractivity contribution in [3.8, 4) is 11.1 Å². The number of aromatic amines is 1. The summed E-state index contributed by atoms with van der Waals surface area (Å²) in [5.41, 5.74) is 4.26. The van der Waals surface area contributed by atoms with E-state index in [-0.39, 0.29) is 17.6 Å². The quantitative estimate of drug-likeness (QED) is 0.270. The average Bonchev–Trinajstić information content (AvgIpc) is 3.47. The summed E-state index contributed by atoms with van der Waals surface area (Å²) in [7, 11) is 3.32. The van der Waals surface area contributed by atoms with Gasteiger partial charge in [0.25, 0.3) is 5.91 Å². The molecule has 0 aliphatic carbocycles. The number of rotatable bonds is 4. The van der Waals surface area contributed by atoms with Crippen molar-refractivity contribution in [1.29, 1.82) is 0 Å². The molecule has 3 aromatic rings. The lowest BCUT2D eigenvalue weighted by atomic mass is 9.95. The van der Waals surface area contributed by atoms with Crippen LogP contribution >= 0.6 is 0 Å². The molecule has 18 heteroatoms. The fraction of sp³-hybridized carbons (Fsp3) is 0.269. The van der Waals surface area contributed by atoms with Crippen LogP contribution in [0, 0.1) is 5.82 Å². The number of nitrogens with zero attached hydrogens (tertiary/aromatic N) is 2. The van der Waals surface area contributed by atoms with Crippen LogP contribution in [0.25, 0.3) is 11.1 Å². The van der Waals surface area contributed by atoms with Gasteiger partial charge in [0.1, 0.15) is 5.82 Å². The second-order valence-corrected chi connectivity index (χ2v) is 9.09. The molecule has 0 fully saturated rings. The maximum Gasteiger partial charge on any atom is 0.490 e. The lowest BCUT2D eigenvalue weighted by molar-refractivity contribution is -0.193. The predicted octanol–water partition coefficient (Wildman–Crippen LogP) is 3.84. The number of carbonyl (C=O) groups is 4. The molecule has 0 saturated heterocycles. The van der Waals surface area contributed by atoms with Crippen LogP contribution in [0.15, 0.2) is 48.8 Å². The van der Waals surface area contributed by atoms with E-state index in [2.05, 4.69) is 20.8 Å². The predicted molar refractivity (Wildman–Crippen MR) is 139 cm³/mol. The van der Waals surface area contributed by atoms with E-state index in [1.807, 2.05) is 6.07 Å². The molecule has 0 bridgehead atoms. The highest BCUT2D eigenvalue weighted by molar-refractivity contribution is 6.05. The van der Waals surface area contributed by atoms with Crippen molar-refractivity contribution in [2.24, 2.45) is 0 Å². The third-order valence-corrected chi connectivity index (χ3v) is 5.68. The molecule has 0 unspecified atom stereocenters. The Balaban J connectivity index is 0.000000402. The minimum atomic E-state index is -5.08. The van der Waals surface area contributed by atoms with E-state index < -0.39 is 30.3 Å². The Morgan fingerprint density at radius 1 is 0.909 bits per heavy atom. The van der Waals surface area contributed by atoms with Crippen LogP contribution < -0.4 is 10.6 Å². The van der Waals surface area contributed by atoms with Gasteiger partial charge in [-0.2, -0.15) is 31.4 Å². The summed E-state index contributed by atoms with van der Waals surface area (Å²) in [6.07, 6.45) is -6.39. The van der Waals surface area contributed by atoms with Gasteiger partial charge in [-0.15, -0.1) is 0 Å². The molecular formula is C26H24F7N5O6. The van der Waals surface area contributed by atoms with E-state index in [0.717, 1.165) is 22.3 Å². The van der Waals surface area contributed by atoms with Gasteiger partial charge in [-0.3, -0.25) is 14.7 Å². The fourth-order valence-electron chi connectivity index (χ4n) is 3.55. The number of carbonyl (C=O) groups excluding carboxylic acids is 2. The Morgan fingerprint density at radius 2 is 1.50 bits per heavy atom. The molecule has 1 aromatic heterocycles. The maximum absolute atomic E-state index is 13.6. The Labute approximate surface area is 243 Å². The van der Waals surface area contributed by atoms with Crippen LogP contribution in [-0.4, -0.2) is 81.6 Å². The number of aromatic nitrogens is 2. The molecule has 4 rings (SSSR count). The van der Waals surface area contributed by atoms with Gasteiger partial charge in [-0.25, -0.2) is 14.0 Å². The first-order valence-corrected chi connectivity index (χ1v) is 12.1. The zero-order chi connectivity index (χ0) is 33.4. The molecule has 0 radical (unpaired) electrons. The molecule has 0 spiro atoms. The van der Waals surface area contributed by atoms with Crippen LogP contribution in [0.1, 0.15) is 21.5 Å². The van der Waals surface area contributed by atoms with Gasteiger partial charge in [0, 0.05) is 32.4 Å². The molecule has 44 heavy (non-hydrogen) atoms. The monoisotopic (exact) mass is 635 g/mol. The highest BCUT2D eigenvalue weighted by atomic mass is 19.4. The van der Waals surface area contributed by atoms with Crippen LogP contribution in [0.2, 0.25) is 0 Å². The van der Waals surface area contributed by atoms with Crippen molar-refractivity contribution in [2.45, 2.75) is 31.4 Å². The first-order chi connectivity index (χ1) is 20.3.